The molecule has 2 aromatic carbocycles. The van der Waals surface area contributed by atoms with Crippen LogP contribution in [0.1, 0.15) is 22.8 Å². The molecule has 0 saturated carbocycles. The highest BCUT2D eigenvalue weighted by Crippen LogP contribution is 2.15. The summed E-state index contributed by atoms with van der Waals surface area (Å²) >= 11 is 0. The monoisotopic (exact) mass is 299 g/mol. The van der Waals surface area contributed by atoms with E-state index in [-0.39, 0.29) is 11.5 Å². The number of aryl methyl sites for hydroxylation is 1. The lowest BCUT2D eigenvalue weighted by atomic mass is 10.2. The highest BCUT2D eigenvalue weighted by Gasteiger charge is 2.15. The first-order valence-corrected chi connectivity index (χ1v) is 6.83. The van der Waals surface area contributed by atoms with Gasteiger partial charge in [0, 0.05) is 5.69 Å². The topological polar surface area (TPSA) is 75.6 Å². The van der Waals surface area contributed by atoms with E-state index < -0.39 is 12.1 Å². The summed E-state index contributed by atoms with van der Waals surface area (Å²) in [6, 6.07) is 13.5. The molecule has 0 saturated heterocycles. The molecular weight excluding hydrogens is 282 g/mol. The number of nitrogens with one attached hydrogen (secondary N) is 1. The molecule has 2 rings (SSSR count). The first kappa shape index (κ1) is 15.6. The molecule has 2 N–H and O–H groups in total. The lowest BCUT2D eigenvalue weighted by Crippen LogP contribution is -2.30. The molecule has 0 spiro atoms. The van der Waals surface area contributed by atoms with Crippen LogP contribution in [-0.2, 0) is 4.79 Å². The van der Waals surface area contributed by atoms with E-state index in [4.69, 9.17) is 9.84 Å². The van der Waals surface area contributed by atoms with Crippen LogP contribution in [0.25, 0.3) is 0 Å². The molecule has 0 heterocycles. The van der Waals surface area contributed by atoms with Crippen molar-refractivity contribution in [2.45, 2.75) is 20.0 Å². The van der Waals surface area contributed by atoms with Crippen molar-refractivity contribution in [1.82, 2.24) is 0 Å². The van der Waals surface area contributed by atoms with Gasteiger partial charge >= 0.3 is 5.97 Å². The summed E-state index contributed by atoms with van der Waals surface area (Å²) in [5.41, 5.74) is 1.64. The number of rotatable bonds is 5. The molecule has 0 aromatic heterocycles. The molecule has 1 atom stereocenters. The summed E-state index contributed by atoms with van der Waals surface area (Å²) in [6.45, 7) is 3.60. The highest BCUT2D eigenvalue weighted by molar-refractivity contribution is 5.96. The number of carboxylic acids is 1. The third kappa shape index (κ3) is 4.09. The second-order valence-electron chi connectivity index (χ2n) is 4.95. The van der Waals surface area contributed by atoms with Gasteiger partial charge in [-0.05, 0) is 44.2 Å². The minimum absolute atomic E-state index is 0.116. The van der Waals surface area contributed by atoms with Crippen molar-refractivity contribution in [3.8, 4) is 5.75 Å². The van der Waals surface area contributed by atoms with Gasteiger partial charge in [-0.15, -0.1) is 0 Å². The molecule has 5 heteroatoms. The van der Waals surface area contributed by atoms with Gasteiger partial charge in [0.25, 0.3) is 5.91 Å². The predicted molar refractivity (Wildman–Crippen MR) is 83.3 cm³/mol. The van der Waals surface area contributed by atoms with Gasteiger partial charge in [-0.25, -0.2) is 4.79 Å². The molecule has 0 bridgehead atoms. The van der Waals surface area contributed by atoms with Crippen molar-refractivity contribution in [2.24, 2.45) is 0 Å². The van der Waals surface area contributed by atoms with Gasteiger partial charge in [-0.2, -0.15) is 0 Å². The van der Waals surface area contributed by atoms with E-state index in [9.17, 15) is 9.59 Å². The van der Waals surface area contributed by atoms with E-state index in [2.05, 4.69) is 5.32 Å². The number of carbonyl (C=O) groups excluding carboxylic acids is 1. The van der Waals surface area contributed by atoms with Crippen molar-refractivity contribution in [3.05, 3.63) is 59.7 Å². The van der Waals surface area contributed by atoms with E-state index in [1.165, 1.54) is 12.1 Å². The SMILES string of the molecule is Cc1ccc(OC(C)C(=O)Nc2cccc(C(=O)O)c2)cc1. The van der Waals surface area contributed by atoms with Gasteiger partial charge in [-0.1, -0.05) is 23.8 Å². The van der Waals surface area contributed by atoms with Crippen LogP contribution in [-0.4, -0.2) is 23.1 Å². The minimum atomic E-state index is -1.04. The van der Waals surface area contributed by atoms with Crippen LogP contribution >= 0.6 is 0 Å². The van der Waals surface area contributed by atoms with Gasteiger partial charge in [0.15, 0.2) is 6.10 Å². The molecule has 1 amide bonds. The first-order chi connectivity index (χ1) is 10.5. The third-order valence-electron chi connectivity index (χ3n) is 3.08. The summed E-state index contributed by atoms with van der Waals surface area (Å²) < 4.78 is 5.55. The number of benzene rings is 2. The van der Waals surface area contributed by atoms with Crippen LogP contribution < -0.4 is 10.1 Å². The van der Waals surface area contributed by atoms with Crippen LogP contribution in [0.15, 0.2) is 48.5 Å². The van der Waals surface area contributed by atoms with Crippen molar-refractivity contribution < 1.29 is 19.4 Å². The first-order valence-electron chi connectivity index (χ1n) is 6.83. The van der Waals surface area contributed by atoms with Crippen molar-refractivity contribution in [2.75, 3.05) is 5.32 Å². The number of hydrogen-bond acceptors (Lipinski definition) is 3. The van der Waals surface area contributed by atoms with E-state index >= 15 is 0 Å². The van der Waals surface area contributed by atoms with Crippen LogP contribution in [0.3, 0.4) is 0 Å². The Hall–Kier alpha value is -2.82. The van der Waals surface area contributed by atoms with Crippen LogP contribution in [0, 0.1) is 6.92 Å². The molecule has 0 aliphatic rings. The standard InChI is InChI=1S/C17H17NO4/c1-11-6-8-15(9-7-11)22-12(2)16(19)18-14-5-3-4-13(10-14)17(20)21/h3-10,12H,1-2H3,(H,18,19)(H,20,21). The van der Waals surface area contributed by atoms with E-state index in [1.807, 2.05) is 19.1 Å². The zero-order valence-electron chi connectivity index (χ0n) is 12.4. The fourth-order valence-corrected chi connectivity index (χ4v) is 1.85. The molecule has 114 valence electrons. The van der Waals surface area contributed by atoms with Gasteiger partial charge in [0.05, 0.1) is 5.56 Å². The smallest absolute Gasteiger partial charge is 0.335 e. The molecule has 0 fully saturated rings. The zero-order valence-corrected chi connectivity index (χ0v) is 12.4. The highest BCUT2D eigenvalue weighted by atomic mass is 16.5. The molecule has 5 nitrogen and oxygen atoms in total. The Morgan fingerprint density at radius 3 is 2.45 bits per heavy atom. The van der Waals surface area contributed by atoms with Gasteiger partial charge < -0.3 is 15.2 Å². The largest absolute Gasteiger partial charge is 0.481 e. The molecular formula is C17H17NO4. The maximum absolute atomic E-state index is 12.1. The lowest BCUT2D eigenvalue weighted by molar-refractivity contribution is -0.122. The third-order valence-corrected chi connectivity index (χ3v) is 3.08. The number of aromatic carboxylic acids is 1. The zero-order chi connectivity index (χ0) is 16.1. The Morgan fingerprint density at radius 1 is 1.14 bits per heavy atom. The number of ether oxygens (including phenoxy) is 1. The molecule has 2 aromatic rings. The molecule has 22 heavy (non-hydrogen) atoms. The minimum Gasteiger partial charge on any atom is -0.481 e. The fraction of sp³-hybridized carbons (Fsp3) is 0.176. The summed E-state index contributed by atoms with van der Waals surface area (Å²) in [5, 5.41) is 11.6. The van der Waals surface area contributed by atoms with Crippen molar-refractivity contribution in [1.29, 1.82) is 0 Å². The van der Waals surface area contributed by atoms with E-state index in [0.717, 1.165) is 5.56 Å². The summed E-state index contributed by atoms with van der Waals surface area (Å²) in [4.78, 5) is 23.0. The number of hydrogen-bond donors (Lipinski definition) is 2. The Bertz CT molecular complexity index is 679. The second kappa shape index (κ2) is 6.76. The molecule has 1 unspecified atom stereocenters. The van der Waals surface area contributed by atoms with Crippen LogP contribution in [0.4, 0.5) is 5.69 Å². The van der Waals surface area contributed by atoms with Crippen LogP contribution in [0.5, 0.6) is 5.75 Å². The second-order valence-corrected chi connectivity index (χ2v) is 4.95. The van der Waals surface area contributed by atoms with Crippen LogP contribution in [0.2, 0.25) is 0 Å². The summed E-state index contributed by atoms with van der Waals surface area (Å²) in [5.74, 6) is -0.782. The van der Waals surface area contributed by atoms with Gasteiger partial charge in [0.2, 0.25) is 0 Å². The quantitative estimate of drug-likeness (QED) is 0.889. The lowest BCUT2D eigenvalue weighted by Gasteiger charge is -2.15. The summed E-state index contributed by atoms with van der Waals surface area (Å²) in [7, 11) is 0. The predicted octanol–water partition coefficient (Wildman–Crippen LogP) is 3.10. The number of carbonyl (C=O) groups is 2. The van der Waals surface area contributed by atoms with E-state index in [0.29, 0.717) is 11.4 Å². The Balaban J connectivity index is 2.00. The molecule has 0 aliphatic heterocycles. The Kier molecular flexibility index (Phi) is 4.78. The normalized spacial score (nSPS) is 11.5. The van der Waals surface area contributed by atoms with Gasteiger partial charge in [-0.3, -0.25) is 4.79 Å². The maximum atomic E-state index is 12.1. The van der Waals surface area contributed by atoms with Crippen molar-refractivity contribution >= 4 is 17.6 Å². The van der Waals surface area contributed by atoms with E-state index in [1.54, 1.807) is 31.2 Å². The number of carboxylic acid groups (broad SMARTS) is 1. The van der Waals surface area contributed by atoms with Gasteiger partial charge in [0.1, 0.15) is 5.75 Å². The fourth-order valence-electron chi connectivity index (χ4n) is 1.85. The number of amides is 1. The average Bonchev–Trinajstić information content (AvgIpc) is 2.49. The summed E-state index contributed by atoms with van der Waals surface area (Å²) in [6.07, 6.45) is -0.698. The molecule has 0 radical (unpaired) electrons. The average molecular weight is 299 g/mol. The molecule has 0 aliphatic carbocycles. The Labute approximate surface area is 128 Å². The Morgan fingerprint density at radius 2 is 1.82 bits per heavy atom. The maximum Gasteiger partial charge on any atom is 0.335 e. The van der Waals surface area contributed by atoms with Crippen molar-refractivity contribution in [3.63, 3.8) is 0 Å². The number of anilines is 1.